The molecule has 2 heterocycles. The Balaban J connectivity index is 1.62. The fourth-order valence-corrected chi connectivity index (χ4v) is 3.83. The normalized spacial score (nSPS) is 21.0. The van der Waals surface area contributed by atoms with Gasteiger partial charge in [-0.05, 0) is 32.5 Å². The van der Waals surface area contributed by atoms with E-state index in [9.17, 15) is 14.4 Å². The molecule has 3 rings (SSSR count). The van der Waals surface area contributed by atoms with Crippen molar-refractivity contribution < 1.29 is 14.4 Å². The lowest BCUT2D eigenvalue weighted by atomic mass is 10.1. The average molecular weight is 402 g/mol. The van der Waals surface area contributed by atoms with Crippen molar-refractivity contribution in [2.45, 2.75) is 26.3 Å². The van der Waals surface area contributed by atoms with Gasteiger partial charge in [-0.1, -0.05) is 17.7 Å². The van der Waals surface area contributed by atoms with Crippen molar-refractivity contribution in [3.05, 3.63) is 29.3 Å². The Morgan fingerprint density at radius 2 is 1.86 bits per heavy atom. The number of hydrogen-bond acceptors (Lipinski definition) is 5. The van der Waals surface area contributed by atoms with E-state index < -0.39 is 6.04 Å². The van der Waals surface area contributed by atoms with Crippen LogP contribution >= 0.6 is 0 Å². The summed E-state index contributed by atoms with van der Waals surface area (Å²) in [5.74, 6) is -0.621. The monoisotopic (exact) mass is 401 g/mol. The summed E-state index contributed by atoms with van der Waals surface area (Å²) in [6.45, 7) is 8.58. The van der Waals surface area contributed by atoms with Crippen molar-refractivity contribution in [3.8, 4) is 0 Å². The van der Waals surface area contributed by atoms with Crippen LogP contribution in [0.4, 0.5) is 5.69 Å². The zero-order valence-corrected chi connectivity index (χ0v) is 17.5. The van der Waals surface area contributed by atoms with Crippen LogP contribution in [-0.2, 0) is 14.4 Å². The van der Waals surface area contributed by atoms with Gasteiger partial charge in [-0.2, -0.15) is 0 Å². The molecule has 0 radical (unpaired) electrons. The summed E-state index contributed by atoms with van der Waals surface area (Å²) in [6, 6.07) is 5.02. The molecule has 158 valence electrons. The van der Waals surface area contributed by atoms with E-state index in [0.29, 0.717) is 13.1 Å². The molecule has 2 aliphatic heterocycles. The minimum atomic E-state index is -0.769. The van der Waals surface area contributed by atoms with Crippen LogP contribution in [-0.4, -0.2) is 91.3 Å². The van der Waals surface area contributed by atoms with Gasteiger partial charge in [0.2, 0.25) is 17.7 Å². The van der Waals surface area contributed by atoms with Crippen LogP contribution < -0.4 is 10.6 Å². The van der Waals surface area contributed by atoms with E-state index in [1.165, 1.54) is 0 Å². The first kappa shape index (κ1) is 21.3. The third-order valence-corrected chi connectivity index (χ3v) is 5.64. The van der Waals surface area contributed by atoms with Gasteiger partial charge in [0.05, 0.1) is 13.0 Å². The van der Waals surface area contributed by atoms with Crippen LogP contribution in [0.3, 0.4) is 0 Å². The van der Waals surface area contributed by atoms with E-state index in [2.05, 4.69) is 27.5 Å². The quantitative estimate of drug-likeness (QED) is 0.737. The van der Waals surface area contributed by atoms with Crippen molar-refractivity contribution >= 4 is 23.4 Å². The Morgan fingerprint density at radius 3 is 2.55 bits per heavy atom. The van der Waals surface area contributed by atoms with Crippen molar-refractivity contribution in [1.29, 1.82) is 0 Å². The Kier molecular flexibility index (Phi) is 6.87. The molecule has 0 aliphatic carbocycles. The van der Waals surface area contributed by atoms with Crippen LogP contribution in [0.1, 0.15) is 17.5 Å². The average Bonchev–Trinajstić information content (AvgIpc) is 2.67. The first-order valence-electron chi connectivity index (χ1n) is 10.2. The van der Waals surface area contributed by atoms with E-state index in [0.717, 1.165) is 43.0 Å². The molecular formula is C21H31N5O3. The molecule has 0 unspecified atom stereocenters. The summed E-state index contributed by atoms with van der Waals surface area (Å²) in [5.41, 5.74) is 2.81. The standard InChI is InChI=1S/C21H31N5O3/c1-15-4-5-17(16(2)12-15)23-19(27)13-18-21(29)22-6-7-26(18)20(28)14-25-10-8-24(3)9-11-25/h4-5,12,18H,6-11,13-14H2,1-3H3,(H,22,29)(H,23,27)/t18-/m1/s1. The van der Waals surface area contributed by atoms with E-state index in [1.807, 2.05) is 32.0 Å². The van der Waals surface area contributed by atoms with Crippen molar-refractivity contribution in [1.82, 2.24) is 20.0 Å². The molecule has 2 saturated heterocycles. The van der Waals surface area contributed by atoms with Gasteiger partial charge in [0.25, 0.3) is 0 Å². The molecule has 2 N–H and O–H groups in total. The Hall–Kier alpha value is -2.45. The van der Waals surface area contributed by atoms with Crippen molar-refractivity contribution in [2.75, 3.05) is 58.2 Å². The van der Waals surface area contributed by atoms with Crippen LogP contribution in [0, 0.1) is 13.8 Å². The summed E-state index contributed by atoms with van der Waals surface area (Å²) in [5, 5.41) is 5.66. The van der Waals surface area contributed by atoms with Gasteiger partial charge in [-0.25, -0.2) is 0 Å². The van der Waals surface area contributed by atoms with Gasteiger partial charge in [-0.15, -0.1) is 0 Å². The van der Waals surface area contributed by atoms with E-state index in [1.54, 1.807) is 4.90 Å². The lowest BCUT2D eigenvalue weighted by Gasteiger charge is -2.37. The van der Waals surface area contributed by atoms with Crippen molar-refractivity contribution in [3.63, 3.8) is 0 Å². The molecule has 8 heteroatoms. The molecular weight excluding hydrogens is 370 g/mol. The maximum atomic E-state index is 12.9. The molecule has 0 bridgehead atoms. The minimum absolute atomic E-state index is 0.0480. The highest BCUT2D eigenvalue weighted by molar-refractivity contribution is 5.98. The van der Waals surface area contributed by atoms with Gasteiger partial charge >= 0.3 is 0 Å². The molecule has 3 amide bonds. The third-order valence-electron chi connectivity index (χ3n) is 5.64. The molecule has 1 atom stereocenters. The van der Waals surface area contributed by atoms with Crippen LogP contribution in [0.15, 0.2) is 18.2 Å². The van der Waals surface area contributed by atoms with Gasteiger partial charge < -0.3 is 20.4 Å². The van der Waals surface area contributed by atoms with E-state index in [-0.39, 0.29) is 30.7 Å². The van der Waals surface area contributed by atoms with Gasteiger partial charge in [-0.3, -0.25) is 19.3 Å². The van der Waals surface area contributed by atoms with Gasteiger partial charge in [0, 0.05) is 45.0 Å². The smallest absolute Gasteiger partial charge is 0.243 e. The molecule has 29 heavy (non-hydrogen) atoms. The molecule has 0 saturated carbocycles. The Labute approximate surface area is 172 Å². The number of nitrogens with one attached hydrogen (secondary N) is 2. The second-order valence-corrected chi connectivity index (χ2v) is 8.04. The van der Waals surface area contributed by atoms with E-state index >= 15 is 0 Å². The number of amides is 3. The third kappa shape index (κ3) is 5.55. The number of anilines is 1. The SMILES string of the molecule is Cc1ccc(NC(=O)C[C@@H]2C(=O)NCCN2C(=O)CN2CCN(C)CC2)c(C)c1. The summed E-state index contributed by atoms with van der Waals surface area (Å²) in [4.78, 5) is 43.9. The lowest BCUT2D eigenvalue weighted by Crippen LogP contribution is -2.60. The largest absolute Gasteiger partial charge is 0.353 e. The zero-order chi connectivity index (χ0) is 21.0. The number of rotatable bonds is 5. The number of likely N-dealkylation sites (N-methyl/N-ethyl adjacent to an activating group) is 1. The molecule has 2 fully saturated rings. The first-order valence-corrected chi connectivity index (χ1v) is 10.2. The number of benzene rings is 1. The number of piperazine rings is 2. The van der Waals surface area contributed by atoms with Crippen molar-refractivity contribution in [2.24, 2.45) is 0 Å². The molecule has 1 aromatic rings. The van der Waals surface area contributed by atoms with Crippen LogP contribution in [0.25, 0.3) is 0 Å². The van der Waals surface area contributed by atoms with Crippen LogP contribution in [0.5, 0.6) is 0 Å². The summed E-state index contributed by atoms with van der Waals surface area (Å²) >= 11 is 0. The number of carbonyl (C=O) groups is 3. The maximum Gasteiger partial charge on any atom is 0.243 e. The highest BCUT2D eigenvalue weighted by Gasteiger charge is 2.35. The second-order valence-electron chi connectivity index (χ2n) is 8.04. The zero-order valence-electron chi connectivity index (χ0n) is 17.5. The van der Waals surface area contributed by atoms with Crippen LogP contribution in [0.2, 0.25) is 0 Å². The predicted octanol–water partition coefficient (Wildman–Crippen LogP) is 0.206. The second kappa shape index (κ2) is 9.37. The highest BCUT2D eigenvalue weighted by Crippen LogP contribution is 2.18. The predicted molar refractivity (Wildman–Crippen MR) is 112 cm³/mol. The topological polar surface area (TPSA) is 85.0 Å². The van der Waals surface area contributed by atoms with E-state index in [4.69, 9.17) is 0 Å². The molecule has 2 aliphatic rings. The number of hydrogen-bond donors (Lipinski definition) is 2. The summed E-state index contributed by atoms with van der Waals surface area (Å²) in [6.07, 6.45) is -0.0480. The highest BCUT2D eigenvalue weighted by atomic mass is 16.2. The van der Waals surface area contributed by atoms with Gasteiger partial charge in [0.1, 0.15) is 6.04 Å². The molecule has 0 spiro atoms. The fraction of sp³-hybridized carbons (Fsp3) is 0.571. The minimum Gasteiger partial charge on any atom is -0.353 e. The van der Waals surface area contributed by atoms with Gasteiger partial charge in [0.15, 0.2) is 0 Å². The lowest BCUT2D eigenvalue weighted by molar-refractivity contribution is -0.145. The molecule has 0 aromatic heterocycles. The summed E-state index contributed by atoms with van der Waals surface area (Å²) < 4.78 is 0. The number of carbonyl (C=O) groups excluding carboxylic acids is 3. The first-order chi connectivity index (χ1) is 13.8. The number of nitrogens with zero attached hydrogens (tertiary/aromatic N) is 3. The maximum absolute atomic E-state index is 12.9. The number of aryl methyl sites for hydroxylation is 2. The summed E-state index contributed by atoms with van der Waals surface area (Å²) in [7, 11) is 2.07. The molecule has 1 aromatic carbocycles. The molecule has 8 nitrogen and oxygen atoms in total. The fourth-order valence-electron chi connectivity index (χ4n) is 3.83. The Morgan fingerprint density at radius 1 is 1.14 bits per heavy atom. The Bertz CT molecular complexity index is 774.